The summed E-state index contributed by atoms with van der Waals surface area (Å²) in [7, 11) is 0. The van der Waals surface area contributed by atoms with Crippen molar-refractivity contribution in [2.45, 2.75) is 24.2 Å². The van der Waals surface area contributed by atoms with Crippen LogP contribution >= 0.6 is 0 Å². The standard InChI is InChI=1S/C12H10F7NO2/c13-6-5-10(11(14,15)16,12(17,18)19)7-1-3-8(4-2-7)20-9(21)22/h1-4,20H,5-6H2,(H,21,22). The molecule has 0 aliphatic heterocycles. The number of halogens is 7. The van der Waals surface area contributed by atoms with Gasteiger partial charge >= 0.3 is 18.4 Å². The van der Waals surface area contributed by atoms with E-state index in [1.165, 1.54) is 0 Å². The van der Waals surface area contributed by atoms with Crippen molar-refractivity contribution < 1.29 is 40.6 Å². The number of hydrogen-bond donors (Lipinski definition) is 2. The summed E-state index contributed by atoms with van der Waals surface area (Å²) in [5.41, 5.74) is -5.77. The first-order chi connectivity index (χ1) is 9.95. The van der Waals surface area contributed by atoms with Gasteiger partial charge in [-0.2, -0.15) is 26.3 Å². The number of alkyl halides is 7. The molecule has 0 saturated carbocycles. The molecule has 3 nitrogen and oxygen atoms in total. The highest BCUT2D eigenvalue weighted by atomic mass is 19.4. The van der Waals surface area contributed by atoms with Gasteiger partial charge in [0.05, 0.1) is 6.67 Å². The third kappa shape index (κ3) is 3.25. The van der Waals surface area contributed by atoms with Crippen LogP contribution in [-0.2, 0) is 5.41 Å². The zero-order valence-electron chi connectivity index (χ0n) is 10.7. The molecule has 0 aromatic heterocycles. The molecule has 10 heteroatoms. The highest BCUT2D eigenvalue weighted by Crippen LogP contribution is 2.54. The van der Waals surface area contributed by atoms with Crippen molar-refractivity contribution in [2.75, 3.05) is 12.0 Å². The lowest BCUT2D eigenvalue weighted by molar-refractivity contribution is -0.306. The fraction of sp³-hybridized carbons (Fsp3) is 0.417. The van der Waals surface area contributed by atoms with Crippen LogP contribution in [0.4, 0.5) is 41.2 Å². The summed E-state index contributed by atoms with van der Waals surface area (Å²) in [4.78, 5) is 10.4. The number of hydrogen-bond acceptors (Lipinski definition) is 1. The first-order valence-electron chi connectivity index (χ1n) is 5.75. The van der Waals surface area contributed by atoms with Gasteiger partial charge in [0.1, 0.15) is 0 Å². The minimum Gasteiger partial charge on any atom is -0.465 e. The molecule has 0 aliphatic carbocycles. The van der Waals surface area contributed by atoms with Gasteiger partial charge in [0.25, 0.3) is 0 Å². The van der Waals surface area contributed by atoms with E-state index in [2.05, 4.69) is 0 Å². The van der Waals surface area contributed by atoms with Gasteiger partial charge in [0.15, 0.2) is 5.41 Å². The third-order valence-electron chi connectivity index (χ3n) is 3.07. The summed E-state index contributed by atoms with van der Waals surface area (Å²) in [5.74, 6) is 0. The van der Waals surface area contributed by atoms with E-state index < -0.39 is 42.5 Å². The van der Waals surface area contributed by atoms with Crippen LogP contribution < -0.4 is 5.32 Å². The maximum atomic E-state index is 13.1. The van der Waals surface area contributed by atoms with Crippen LogP contribution in [0.15, 0.2) is 24.3 Å². The number of nitrogens with one attached hydrogen (secondary N) is 1. The Morgan fingerprint density at radius 3 is 1.77 bits per heavy atom. The van der Waals surface area contributed by atoms with Crippen LogP contribution in [0.25, 0.3) is 0 Å². The summed E-state index contributed by atoms with van der Waals surface area (Å²) in [6.07, 6.45) is -14.9. The van der Waals surface area contributed by atoms with Crippen molar-refractivity contribution >= 4 is 11.8 Å². The van der Waals surface area contributed by atoms with Crippen LogP contribution in [0.3, 0.4) is 0 Å². The molecule has 1 rings (SSSR count). The highest BCUT2D eigenvalue weighted by Gasteiger charge is 2.71. The number of carboxylic acid groups (broad SMARTS) is 1. The molecule has 22 heavy (non-hydrogen) atoms. The van der Waals surface area contributed by atoms with E-state index in [9.17, 15) is 35.5 Å². The number of amides is 1. The molecule has 1 amide bonds. The molecule has 0 radical (unpaired) electrons. The first-order valence-corrected chi connectivity index (χ1v) is 5.75. The Kier molecular flexibility index (Phi) is 4.93. The maximum absolute atomic E-state index is 13.1. The fourth-order valence-corrected chi connectivity index (χ4v) is 2.02. The second-order valence-electron chi connectivity index (χ2n) is 4.35. The number of carbonyl (C=O) groups is 1. The highest BCUT2D eigenvalue weighted by molar-refractivity contribution is 5.82. The minimum atomic E-state index is -5.76. The van der Waals surface area contributed by atoms with Crippen LogP contribution in [0.1, 0.15) is 12.0 Å². The Morgan fingerprint density at radius 2 is 1.45 bits per heavy atom. The van der Waals surface area contributed by atoms with Gasteiger partial charge in [-0.25, -0.2) is 4.79 Å². The van der Waals surface area contributed by atoms with E-state index in [-0.39, 0.29) is 5.69 Å². The van der Waals surface area contributed by atoms with Crippen molar-refractivity contribution in [1.82, 2.24) is 0 Å². The summed E-state index contributed by atoms with van der Waals surface area (Å²) >= 11 is 0. The Hall–Kier alpha value is -2.00. The van der Waals surface area contributed by atoms with E-state index in [1.54, 1.807) is 5.32 Å². The molecule has 1 aromatic carbocycles. The minimum absolute atomic E-state index is 0.213. The molecule has 0 aliphatic rings. The van der Waals surface area contributed by atoms with Gasteiger partial charge in [-0.1, -0.05) is 12.1 Å². The molecule has 0 saturated heterocycles. The van der Waals surface area contributed by atoms with E-state index in [0.717, 1.165) is 12.1 Å². The molecule has 0 bridgehead atoms. The molecule has 124 valence electrons. The Bertz CT molecular complexity index is 508. The normalized spacial score (nSPS) is 13.0. The molecule has 0 spiro atoms. The van der Waals surface area contributed by atoms with Gasteiger partial charge in [0.2, 0.25) is 0 Å². The van der Waals surface area contributed by atoms with Crippen LogP contribution in [0.5, 0.6) is 0 Å². The molecular weight excluding hydrogens is 323 g/mol. The molecule has 0 atom stereocenters. The van der Waals surface area contributed by atoms with Crippen molar-refractivity contribution in [1.29, 1.82) is 0 Å². The second kappa shape index (κ2) is 6.01. The average Bonchev–Trinajstić information content (AvgIpc) is 2.33. The largest absolute Gasteiger partial charge is 0.465 e. The van der Waals surface area contributed by atoms with Crippen LogP contribution in [0.2, 0.25) is 0 Å². The number of benzene rings is 1. The summed E-state index contributed by atoms with van der Waals surface area (Å²) in [6, 6.07) is 2.44. The summed E-state index contributed by atoms with van der Waals surface area (Å²) < 4.78 is 90.7. The van der Waals surface area contributed by atoms with Gasteiger partial charge in [0, 0.05) is 12.1 Å². The van der Waals surface area contributed by atoms with Gasteiger partial charge in [-0.05, 0) is 17.7 Å². The van der Waals surface area contributed by atoms with Crippen molar-refractivity contribution in [3.05, 3.63) is 29.8 Å². The van der Waals surface area contributed by atoms with E-state index >= 15 is 0 Å². The van der Waals surface area contributed by atoms with Crippen molar-refractivity contribution in [3.63, 3.8) is 0 Å². The smallest absolute Gasteiger partial charge is 0.409 e. The molecule has 0 fully saturated rings. The van der Waals surface area contributed by atoms with E-state index in [1.807, 2.05) is 0 Å². The lowest BCUT2D eigenvalue weighted by atomic mass is 9.76. The monoisotopic (exact) mass is 333 g/mol. The molecule has 0 unspecified atom stereocenters. The number of anilines is 1. The Balaban J connectivity index is 3.42. The summed E-state index contributed by atoms with van der Waals surface area (Å²) in [5, 5.41) is 10.2. The topological polar surface area (TPSA) is 49.3 Å². The fourth-order valence-electron chi connectivity index (χ4n) is 2.02. The SMILES string of the molecule is O=C(O)Nc1ccc(C(CCF)(C(F)(F)F)C(F)(F)F)cc1. The van der Waals surface area contributed by atoms with Gasteiger partial charge in [-0.15, -0.1) is 0 Å². The molecule has 0 heterocycles. The zero-order valence-corrected chi connectivity index (χ0v) is 10.7. The first kappa shape index (κ1) is 18.1. The second-order valence-corrected chi connectivity index (χ2v) is 4.35. The predicted octanol–water partition coefficient (Wildman–Crippen LogP) is 4.50. The molecular formula is C12H10F7NO2. The quantitative estimate of drug-likeness (QED) is 0.797. The third-order valence-corrected chi connectivity index (χ3v) is 3.07. The maximum Gasteiger partial charge on any atom is 0.409 e. The predicted molar refractivity (Wildman–Crippen MR) is 62.5 cm³/mol. The van der Waals surface area contributed by atoms with Crippen LogP contribution in [0, 0.1) is 0 Å². The van der Waals surface area contributed by atoms with E-state index in [0.29, 0.717) is 12.1 Å². The average molecular weight is 333 g/mol. The Morgan fingerprint density at radius 1 is 1.00 bits per heavy atom. The lowest BCUT2D eigenvalue weighted by Gasteiger charge is -2.37. The van der Waals surface area contributed by atoms with Crippen molar-refractivity contribution in [3.8, 4) is 0 Å². The molecule has 2 N–H and O–H groups in total. The van der Waals surface area contributed by atoms with Crippen LogP contribution in [-0.4, -0.2) is 30.2 Å². The zero-order chi connectivity index (χ0) is 17.2. The number of rotatable bonds is 4. The lowest BCUT2D eigenvalue weighted by Crippen LogP contribution is -2.54. The van der Waals surface area contributed by atoms with E-state index in [4.69, 9.17) is 5.11 Å². The van der Waals surface area contributed by atoms with Crippen molar-refractivity contribution in [2.24, 2.45) is 0 Å². The van der Waals surface area contributed by atoms with Gasteiger partial charge in [-0.3, -0.25) is 9.71 Å². The summed E-state index contributed by atoms with van der Waals surface area (Å²) in [6.45, 7) is -1.83. The van der Waals surface area contributed by atoms with Gasteiger partial charge < -0.3 is 5.11 Å². The molecule has 1 aromatic rings. The Labute approximate surface area is 119 Å².